The Labute approximate surface area is 174 Å². The van der Waals surface area contributed by atoms with E-state index in [0.29, 0.717) is 31.6 Å². The van der Waals surface area contributed by atoms with Crippen molar-refractivity contribution < 1.29 is 31.8 Å². The first-order chi connectivity index (χ1) is 14.0. The average Bonchev–Trinajstić information content (AvgIpc) is 2.68. The van der Waals surface area contributed by atoms with Crippen molar-refractivity contribution in [2.45, 2.75) is 76.2 Å². The third-order valence-electron chi connectivity index (χ3n) is 5.98. The summed E-state index contributed by atoms with van der Waals surface area (Å²) in [7, 11) is 1.94. The molecule has 1 aromatic heterocycles. The molecular weight excluding hydrogens is 407 g/mol. The molecule has 1 unspecified atom stereocenters. The van der Waals surface area contributed by atoms with Crippen LogP contribution in [0, 0.1) is 5.92 Å². The highest BCUT2D eigenvalue weighted by Crippen LogP contribution is 2.48. The number of halogens is 5. The summed E-state index contributed by atoms with van der Waals surface area (Å²) in [5, 5.41) is 11.4. The van der Waals surface area contributed by atoms with Crippen LogP contribution in [0.2, 0.25) is 0 Å². The van der Waals surface area contributed by atoms with Gasteiger partial charge in [0.2, 0.25) is 5.92 Å². The number of pyridine rings is 1. The van der Waals surface area contributed by atoms with Crippen LogP contribution in [0.5, 0.6) is 5.75 Å². The number of piperidine rings is 1. The SMILES string of the molecule is CC.CN1CCC(O)(C(c2ccc(OC(F)(F)F)cn2)C2CCC(F)(F)CC2)CC1. The van der Waals surface area contributed by atoms with Crippen molar-refractivity contribution in [3.63, 3.8) is 0 Å². The van der Waals surface area contributed by atoms with Crippen LogP contribution >= 0.6 is 0 Å². The number of nitrogens with zero attached hydrogens (tertiary/aromatic N) is 2. The van der Waals surface area contributed by atoms with Gasteiger partial charge in [-0.05, 0) is 50.8 Å². The normalized spacial score (nSPS) is 23.2. The Morgan fingerprint density at radius 3 is 2.13 bits per heavy atom. The highest BCUT2D eigenvalue weighted by atomic mass is 19.4. The van der Waals surface area contributed by atoms with E-state index < -0.39 is 29.6 Å². The van der Waals surface area contributed by atoms with E-state index in [2.05, 4.69) is 14.6 Å². The molecule has 2 fully saturated rings. The van der Waals surface area contributed by atoms with Crippen molar-refractivity contribution in [3.8, 4) is 5.75 Å². The molecule has 1 saturated heterocycles. The van der Waals surface area contributed by atoms with Crippen molar-refractivity contribution in [1.82, 2.24) is 9.88 Å². The first-order valence-corrected chi connectivity index (χ1v) is 10.5. The van der Waals surface area contributed by atoms with Crippen LogP contribution in [0.25, 0.3) is 0 Å². The predicted molar refractivity (Wildman–Crippen MR) is 104 cm³/mol. The molecule has 0 bridgehead atoms. The molecule has 9 heteroatoms. The molecule has 2 heterocycles. The van der Waals surface area contributed by atoms with Crippen molar-refractivity contribution in [2.24, 2.45) is 5.92 Å². The Morgan fingerprint density at radius 2 is 1.67 bits per heavy atom. The van der Waals surface area contributed by atoms with E-state index in [-0.39, 0.29) is 31.6 Å². The monoisotopic (exact) mass is 438 g/mol. The molecule has 1 aliphatic heterocycles. The molecule has 0 aromatic carbocycles. The fourth-order valence-electron chi connectivity index (χ4n) is 4.44. The van der Waals surface area contributed by atoms with Crippen LogP contribution in [0.1, 0.15) is 64.0 Å². The van der Waals surface area contributed by atoms with Crippen LogP contribution in [0.4, 0.5) is 22.0 Å². The van der Waals surface area contributed by atoms with Gasteiger partial charge in [-0.15, -0.1) is 13.2 Å². The van der Waals surface area contributed by atoms with Gasteiger partial charge in [-0.2, -0.15) is 0 Å². The van der Waals surface area contributed by atoms with E-state index in [1.807, 2.05) is 20.9 Å². The Morgan fingerprint density at radius 1 is 1.10 bits per heavy atom. The molecule has 0 amide bonds. The summed E-state index contributed by atoms with van der Waals surface area (Å²) in [6, 6.07) is 2.58. The van der Waals surface area contributed by atoms with Gasteiger partial charge in [-0.25, -0.2) is 8.78 Å². The van der Waals surface area contributed by atoms with Crippen LogP contribution in [-0.4, -0.2) is 53.0 Å². The molecule has 1 saturated carbocycles. The van der Waals surface area contributed by atoms with E-state index in [1.165, 1.54) is 12.1 Å². The molecule has 30 heavy (non-hydrogen) atoms. The van der Waals surface area contributed by atoms with Crippen molar-refractivity contribution in [3.05, 3.63) is 24.0 Å². The Balaban J connectivity index is 0.00000155. The summed E-state index contributed by atoms with van der Waals surface area (Å²) < 4.78 is 68.3. The molecule has 1 aromatic rings. The van der Waals surface area contributed by atoms with Gasteiger partial charge < -0.3 is 14.7 Å². The summed E-state index contributed by atoms with van der Waals surface area (Å²) in [5.41, 5.74) is -0.694. The minimum atomic E-state index is -4.82. The molecule has 4 nitrogen and oxygen atoms in total. The lowest BCUT2D eigenvalue weighted by Crippen LogP contribution is -2.49. The van der Waals surface area contributed by atoms with Crippen LogP contribution in [-0.2, 0) is 0 Å². The van der Waals surface area contributed by atoms with Crippen LogP contribution in [0.15, 0.2) is 18.3 Å². The lowest BCUT2D eigenvalue weighted by Gasteiger charge is -2.46. The molecule has 0 radical (unpaired) electrons. The molecule has 3 rings (SSSR count). The highest BCUT2D eigenvalue weighted by Gasteiger charge is 2.47. The number of alkyl halides is 5. The quantitative estimate of drug-likeness (QED) is 0.642. The highest BCUT2D eigenvalue weighted by molar-refractivity contribution is 5.25. The van der Waals surface area contributed by atoms with E-state index in [9.17, 15) is 27.1 Å². The summed E-state index contributed by atoms with van der Waals surface area (Å²) >= 11 is 0. The third kappa shape index (κ3) is 6.51. The second-order valence-corrected chi connectivity index (χ2v) is 8.04. The minimum Gasteiger partial charge on any atom is -0.404 e. The predicted octanol–water partition coefficient (Wildman–Crippen LogP) is 5.37. The summed E-state index contributed by atoms with van der Waals surface area (Å²) in [4.78, 5) is 6.21. The molecule has 1 atom stereocenters. The zero-order valence-electron chi connectivity index (χ0n) is 17.7. The minimum absolute atomic E-state index is 0.199. The van der Waals surface area contributed by atoms with Gasteiger partial charge >= 0.3 is 6.36 Å². The number of aromatic nitrogens is 1. The standard InChI is InChI=1S/C19H25F5N2O2.C2H6/c1-26-10-8-17(27,9-11-26)16(13-4-6-18(20,21)7-5-13)15-3-2-14(12-25-15)28-19(22,23)24;1-2/h2-3,12-13,16,27H,4-11H2,1H3;1-2H3. The van der Waals surface area contributed by atoms with Gasteiger partial charge in [0, 0.05) is 37.5 Å². The Kier molecular flexibility index (Phi) is 8.07. The first-order valence-electron chi connectivity index (χ1n) is 10.5. The van der Waals surface area contributed by atoms with Gasteiger partial charge in [-0.1, -0.05) is 13.8 Å². The zero-order chi connectivity index (χ0) is 22.6. The lowest BCUT2D eigenvalue weighted by molar-refractivity contribution is -0.274. The molecule has 1 N–H and O–H groups in total. The lowest BCUT2D eigenvalue weighted by atomic mass is 9.66. The van der Waals surface area contributed by atoms with Gasteiger partial charge in [-0.3, -0.25) is 4.98 Å². The summed E-state index contributed by atoms with van der Waals surface area (Å²) in [5.74, 6) is -3.85. The first kappa shape index (κ1) is 24.8. The number of likely N-dealkylation sites (tertiary alicyclic amines) is 1. The van der Waals surface area contributed by atoms with Crippen molar-refractivity contribution in [2.75, 3.05) is 20.1 Å². The smallest absolute Gasteiger partial charge is 0.404 e. The van der Waals surface area contributed by atoms with E-state index >= 15 is 0 Å². The van der Waals surface area contributed by atoms with E-state index in [0.717, 1.165) is 6.20 Å². The van der Waals surface area contributed by atoms with Gasteiger partial charge in [0.15, 0.2) is 0 Å². The number of hydrogen-bond donors (Lipinski definition) is 1. The maximum atomic E-state index is 13.6. The topological polar surface area (TPSA) is 45.6 Å². The summed E-state index contributed by atoms with van der Waals surface area (Å²) in [6.45, 7) is 5.32. The van der Waals surface area contributed by atoms with Gasteiger partial charge in [0.05, 0.1) is 11.8 Å². The van der Waals surface area contributed by atoms with Crippen LogP contribution in [0.3, 0.4) is 0 Å². The number of hydrogen-bond acceptors (Lipinski definition) is 4. The molecule has 2 aliphatic rings. The fourth-order valence-corrected chi connectivity index (χ4v) is 4.44. The summed E-state index contributed by atoms with van der Waals surface area (Å²) in [6.07, 6.45) is -2.92. The second kappa shape index (κ2) is 9.77. The average molecular weight is 438 g/mol. The van der Waals surface area contributed by atoms with Crippen molar-refractivity contribution >= 4 is 0 Å². The Hall–Kier alpha value is -1.48. The molecule has 1 aliphatic carbocycles. The van der Waals surface area contributed by atoms with Crippen LogP contribution < -0.4 is 4.74 Å². The van der Waals surface area contributed by atoms with E-state index in [4.69, 9.17) is 0 Å². The maximum Gasteiger partial charge on any atom is 0.573 e. The number of rotatable bonds is 4. The Bertz CT molecular complexity index is 648. The second-order valence-electron chi connectivity index (χ2n) is 8.04. The van der Waals surface area contributed by atoms with Gasteiger partial charge in [0.1, 0.15) is 5.75 Å². The zero-order valence-corrected chi connectivity index (χ0v) is 17.7. The third-order valence-corrected chi connectivity index (χ3v) is 5.98. The van der Waals surface area contributed by atoms with E-state index in [1.54, 1.807) is 0 Å². The van der Waals surface area contributed by atoms with Crippen molar-refractivity contribution in [1.29, 1.82) is 0 Å². The number of aliphatic hydroxyl groups is 1. The van der Waals surface area contributed by atoms with Gasteiger partial charge in [0.25, 0.3) is 0 Å². The molecule has 0 spiro atoms. The molecular formula is C21H31F5N2O2. The largest absolute Gasteiger partial charge is 0.573 e. The molecule has 172 valence electrons. The fraction of sp³-hybridized carbons (Fsp3) is 0.762. The number of ether oxygens (including phenoxy) is 1. The maximum absolute atomic E-state index is 13.6.